The number of rotatable bonds is 2. The molecule has 1 rings (SSSR count). The molecular formula is C7H12BrN3. The van der Waals surface area contributed by atoms with E-state index >= 15 is 0 Å². The Hall–Kier alpha value is -0.380. The molecular weight excluding hydrogens is 206 g/mol. The number of aryl methyl sites for hydroxylation is 1. The van der Waals surface area contributed by atoms with Crippen molar-refractivity contribution in [2.45, 2.75) is 24.6 Å². The Morgan fingerprint density at radius 3 is 2.55 bits per heavy atom. The molecule has 11 heavy (non-hydrogen) atoms. The molecule has 0 aliphatic heterocycles. The van der Waals surface area contributed by atoms with Crippen LogP contribution in [0.25, 0.3) is 0 Å². The minimum atomic E-state index is 0.405. The smallest absolute Gasteiger partial charge is 0.138 e. The summed E-state index contributed by atoms with van der Waals surface area (Å²) in [6, 6.07) is 0. The lowest BCUT2D eigenvalue weighted by molar-refractivity contribution is 0.622. The van der Waals surface area contributed by atoms with Gasteiger partial charge in [0.2, 0.25) is 0 Å². The third kappa shape index (κ3) is 1.80. The number of aromatic nitrogens is 3. The first-order valence-electron chi connectivity index (χ1n) is 3.61. The van der Waals surface area contributed by atoms with Gasteiger partial charge in [-0.1, -0.05) is 29.8 Å². The molecule has 0 N–H and O–H groups in total. The predicted octanol–water partition coefficient (Wildman–Crippen LogP) is 1.70. The van der Waals surface area contributed by atoms with Crippen molar-refractivity contribution in [3.8, 4) is 0 Å². The highest BCUT2D eigenvalue weighted by Crippen LogP contribution is 2.21. The first kappa shape index (κ1) is 8.71. The molecule has 2 unspecified atom stereocenters. The maximum absolute atomic E-state index is 4.16. The van der Waals surface area contributed by atoms with Gasteiger partial charge in [0.15, 0.2) is 0 Å². The fraction of sp³-hybridized carbons (Fsp3) is 0.714. The third-order valence-corrected chi connectivity index (χ3v) is 2.64. The highest BCUT2D eigenvalue weighted by atomic mass is 79.9. The number of hydrogen-bond donors (Lipinski definition) is 0. The lowest BCUT2D eigenvalue weighted by Crippen LogP contribution is -2.11. The van der Waals surface area contributed by atoms with Gasteiger partial charge in [-0.3, -0.25) is 4.68 Å². The van der Waals surface area contributed by atoms with Crippen LogP contribution < -0.4 is 0 Å². The van der Waals surface area contributed by atoms with Gasteiger partial charge in [0.25, 0.3) is 0 Å². The highest BCUT2D eigenvalue weighted by molar-refractivity contribution is 9.09. The molecule has 3 nitrogen and oxygen atoms in total. The number of alkyl halides is 1. The van der Waals surface area contributed by atoms with Crippen molar-refractivity contribution in [1.82, 2.24) is 14.8 Å². The maximum atomic E-state index is 4.16. The molecule has 0 bridgehead atoms. The second kappa shape index (κ2) is 3.34. The van der Waals surface area contributed by atoms with E-state index in [2.05, 4.69) is 39.9 Å². The van der Waals surface area contributed by atoms with E-state index in [1.54, 1.807) is 6.33 Å². The van der Waals surface area contributed by atoms with Gasteiger partial charge in [-0.15, -0.1) is 0 Å². The van der Waals surface area contributed by atoms with Crippen molar-refractivity contribution >= 4 is 15.9 Å². The minimum absolute atomic E-state index is 0.405. The molecule has 0 saturated heterocycles. The summed E-state index contributed by atoms with van der Waals surface area (Å²) >= 11 is 3.51. The molecule has 0 fully saturated rings. The number of hydrogen-bond acceptors (Lipinski definition) is 2. The average Bonchev–Trinajstić information content (AvgIpc) is 2.33. The van der Waals surface area contributed by atoms with E-state index < -0.39 is 0 Å². The topological polar surface area (TPSA) is 30.7 Å². The van der Waals surface area contributed by atoms with Gasteiger partial charge in [0.1, 0.15) is 12.2 Å². The molecule has 62 valence electrons. The molecule has 4 heteroatoms. The zero-order chi connectivity index (χ0) is 8.43. The summed E-state index contributed by atoms with van der Waals surface area (Å²) < 4.78 is 1.81. The van der Waals surface area contributed by atoms with Gasteiger partial charge in [-0.05, 0) is 0 Å². The van der Waals surface area contributed by atoms with Crippen LogP contribution in [-0.4, -0.2) is 19.6 Å². The standard InChI is InChI=1S/C7H12BrN3/c1-5(6(2)8)7-9-4-10-11(7)3/h4-6H,1-3H3. The van der Waals surface area contributed by atoms with E-state index in [1.165, 1.54) is 0 Å². The van der Waals surface area contributed by atoms with Crippen molar-refractivity contribution in [3.63, 3.8) is 0 Å². The zero-order valence-corrected chi connectivity index (χ0v) is 8.54. The molecule has 2 atom stereocenters. The van der Waals surface area contributed by atoms with E-state index in [1.807, 2.05) is 11.7 Å². The van der Waals surface area contributed by atoms with Crippen LogP contribution in [-0.2, 0) is 7.05 Å². The molecule has 0 saturated carbocycles. The quantitative estimate of drug-likeness (QED) is 0.707. The van der Waals surface area contributed by atoms with Crippen LogP contribution in [0.4, 0.5) is 0 Å². The fourth-order valence-corrected chi connectivity index (χ4v) is 1.16. The lowest BCUT2D eigenvalue weighted by atomic mass is 10.1. The van der Waals surface area contributed by atoms with Crippen LogP contribution in [0.2, 0.25) is 0 Å². The summed E-state index contributed by atoms with van der Waals surface area (Å²) in [6.07, 6.45) is 1.58. The first-order valence-corrected chi connectivity index (χ1v) is 4.52. The second-order valence-electron chi connectivity index (χ2n) is 2.71. The molecule has 0 aliphatic carbocycles. The molecule has 1 heterocycles. The zero-order valence-electron chi connectivity index (χ0n) is 6.95. The Labute approximate surface area is 75.0 Å². The third-order valence-electron chi connectivity index (χ3n) is 1.84. The van der Waals surface area contributed by atoms with E-state index in [0.29, 0.717) is 10.7 Å². The SMILES string of the molecule is CC(Br)C(C)c1ncnn1C. The summed E-state index contributed by atoms with van der Waals surface area (Å²) in [5.41, 5.74) is 0. The molecule has 0 aliphatic rings. The molecule has 0 aromatic carbocycles. The normalized spacial score (nSPS) is 16.4. The van der Waals surface area contributed by atoms with Crippen molar-refractivity contribution < 1.29 is 0 Å². The van der Waals surface area contributed by atoms with Crippen LogP contribution in [0, 0.1) is 0 Å². The van der Waals surface area contributed by atoms with E-state index in [4.69, 9.17) is 0 Å². The predicted molar refractivity (Wildman–Crippen MR) is 47.8 cm³/mol. The maximum Gasteiger partial charge on any atom is 0.138 e. The fourth-order valence-electron chi connectivity index (χ4n) is 0.923. The summed E-state index contributed by atoms with van der Waals surface area (Å²) in [5, 5.41) is 4.00. The monoisotopic (exact) mass is 217 g/mol. The highest BCUT2D eigenvalue weighted by Gasteiger charge is 2.15. The first-order chi connectivity index (χ1) is 5.13. The van der Waals surface area contributed by atoms with Gasteiger partial charge in [-0.25, -0.2) is 4.98 Å². The van der Waals surface area contributed by atoms with Crippen LogP contribution >= 0.6 is 15.9 Å². The van der Waals surface area contributed by atoms with Crippen LogP contribution in [0.15, 0.2) is 6.33 Å². The number of nitrogens with zero attached hydrogens (tertiary/aromatic N) is 3. The minimum Gasteiger partial charge on any atom is -0.253 e. The molecule has 0 amide bonds. The van der Waals surface area contributed by atoms with Crippen molar-refractivity contribution in [3.05, 3.63) is 12.2 Å². The van der Waals surface area contributed by atoms with Crippen molar-refractivity contribution in [2.24, 2.45) is 7.05 Å². The Morgan fingerprint density at radius 2 is 2.18 bits per heavy atom. The van der Waals surface area contributed by atoms with Crippen LogP contribution in [0.1, 0.15) is 25.6 Å². The van der Waals surface area contributed by atoms with Crippen LogP contribution in [0.3, 0.4) is 0 Å². The summed E-state index contributed by atoms with van der Waals surface area (Å²) in [6.45, 7) is 4.24. The molecule has 1 aromatic heterocycles. The average molecular weight is 218 g/mol. The number of halogens is 1. The van der Waals surface area contributed by atoms with E-state index in [0.717, 1.165) is 5.82 Å². The Kier molecular flexibility index (Phi) is 2.65. The van der Waals surface area contributed by atoms with Crippen molar-refractivity contribution in [1.29, 1.82) is 0 Å². The largest absolute Gasteiger partial charge is 0.253 e. The Balaban J connectivity index is 2.84. The van der Waals surface area contributed by atoms with E-state index in [9.17, 15) is 0 Å². The second-order valence-corrected chi connectivity index (χ2v) is 4.15. The van der Waals surface area contributed by atoms with Gasteiger partial charge in [0.05, 0.1) is 0 Å². The van der Waals surface area contributed by atoms with Gasteiger partial charge >= 0.3 is 0 Å². The molecule has 0 spiro atoms. The Bertz CT molecular complexity index is 231. The summed E-state index contributed by atoms with van der Waals surface area (Å²) in [7, 11) is 1.91. The summed E-state index contributed by atoms with van der Waals surface area (Å²) in [5.74, 6) is 1.43. The van der Waals surface area contributed by atoms with Crippen molar-refractivity contribution in [2.75, 3.05) is 0 Å². The summed E-state index contributed by atoms with van der Waals surface area (Å²) in [4.78, 5) is 4.59. The van der Waals surface area contributed by atoms with Gasteiger partial charge in [-0.2, -0.15) is 5.10 Å². The van der Waals surface area contributed by atoms with Gasteiger partial charge < -0.3 is 0 Å². The molecule has 1 aromatic rings. The lowest BCUT2D eigenvalue weighted by Gasteiger charge is -2.11. The van der Waals surface area contributed by atoms with E-state index in [-0.39, 0.29) is 0 Å². The van der Waals surface area contributed by atoms with Crippen LogP contribution in [0.5, 0.6) is 0 Å². The Morgan fingerprint density at radius 1 is 1.55 bits per heavy atom. The van der Waals surface area contributed by atoms with Gasteiger partial charge in [0, 0.05) is 17.8 Å². The molecule has 0 radical (unpaired) electrons.